The van der Waals surface area contributed by atoms with Crippen LogP contribution in [0.2, 0.25) is 0 Å². The molecular weight excluding hydrogens is 456 g/mol. The van der Waals surface area contributed by atoms with Crippen LogP contribution in [0.1, 0.15) is 17.9 Å². The van der Waals surface area contributed by atoms with E-state index in [0.29, 0.717) is 27.8 Å². The number of benzene rings is 3. The van der Waals surface area contributed by atoms with Crippen molar-refractivity contribution in [1.82, 2.24) is 24.3 Å². The monoisotopic (exact) mass is 477 g/mol. The van der Waals surface area contributed by atoms with E-state index in [1.54, 1.807) is 31.4 Å². The molecule has 9 heteroatoms. The summed E-state index contributed by atoms with van der Waals surface area (Å²) in [4.78, 5) is 4.44. The number of thioether (sulfide) groups is 1. The zero-order valence-corrected chi connectivity index (χ0v) is 19.3. The highest BCUT2D eigenvalue weighted by atomic mass is 32.2. The van der Waals surface area contributed by atoms with Gasteiger partial charge in [0.1, 0.15) is 11.6 Å². The van der Waals surface area contributed by atoms with E-state index in [9.17, 15) is 8.78 Å². The van der Waals surface area contributed by atoms with E-state index in [1.807, 2.05) is 60.0 Å². The summed E-state index contributed by atoms with van der Waals surface area (Å²) < 4.78 is 36.2. The van der Waals surface area contributed by atoms with Gasteiger partial charge in [-0.05, 0) is 43.3 Å². The fourth-order valence-corrected chi connectivity index (χ4v) is 4.72. The number of hydrogen-bond acceptors (Lipinski definition) is 5. The average Bonchev–Trinajstić information content (AvgIpc) is 3.44. The maximum absolute atomic E-state index is 13.9. The van der Waals surface area contributed by atoms with Crippen molar-refractivity contribution in [3.8, 4) is 22.8 Å². The minimum Gasteiger partial charge on any atom is -0.496 e. The molecule has 0 fully saturated rings. The molecule has 2 heterocycles. The van der Waals surface area contributed by atoms with Gasteiger partial charge in [0.2, 0.25) is 0 Å². The van der Waals surface area contributed by atoms with E-state index in [0.717, 1.165) is 21.4 Å². The van der Waals surface area contributed by atoms with Crippen molar-refractivity contribution in [2.45, 2.75) is 24.4 Å². The second-order valence-electron chi connectivity index (χ2n) is 7.63. The Labute approximate surface area is 199 Å². The van der Waals surface area contributed by atoms with E-state index in [2.05, 4.69) is 15.2 Å². The van der Waals surface area contributed by atoms with Crippen molar-refractivity contribution >= 4 is 22.8 Å². The van der Waals surface area contributed by atoms with Crippen LogP contribution in [0.3, 0.4) is 0 Å². The van der Waals surface area contributed by atoms with Crippen molar-refractivity contribution in [2.24, 2.45) is 0 Å². The average molecular weight is 478 g/mol. The van der Waals surface area contributed by atoms with Crippen LogP contribution in [0.25, 0.3) is 28.1 Å². The fraction of sp³-hybridized carbons (Fsp3) is 0.160. The van der Waals surface area contributed by atoms with Crippen LogP contribution in [-0.4, -0.2) is 31.4 Å². The zero-order chi connectivity index (χ0) is 23.7. The lowest BCUT2D eigenvalue weighted by Gasteiger charge is -2.13. The molecule has 0 saturated carbocycles. The zero-order valence-electron chi connectivity index (χ0n) is 18.5. The van der Waals surface area contributed by atoms with Crippen LogP contribution < -0.4 is 4.74 Å². The SMILES string of the molecule is COc1ccccc1-c1nnc(SCc2nc3ccccc3n2C(F)F)n1-c1ccc(C)cc1. The predicted molar refractivity (Wildman–Crippen MR) is 129 cm³/mol. The van der Waals surface area contributed by atoms with Crippen molar-refractivity contribution in [1.29, 1.82) is 0 Å². The summed E-state index contributed by atoms with van der Waals surface area (Å²) in [6.07, 6.45) is 0. The molecule has 6 nitrogen and oxygen atoms in total. The van der Waals surface area contributed by atoms with E-state index in [1.165, 1.54) is 11.8 Å². The fourth-order valence-electron chi connectivity index (χ4n) is 3.84. The highest BCUT2D eigenvalue weighted by Crippen LogP contribution is 2.35. The Bertz CT molecular complexity index is 1450. The third-order valence-electron chi connectivity index (χ3n) is 5.47. The first-order chi connectivity index (χ1) is 16.6. The Kier molecular flexibility index (Phi) is 6.02. The molecule has 3 aromatic carbocycles. The first-order valence-electron chi connectivity index (χ1n) is 10.6. The summed E-state index contributed by atoms with van der Waals surface area (Å²) in [5.74, 6) is 1.75. The molecule has 0 aliphatic heterocycles. The lowest BCUT2D eigenvalue weighted by molar-refractivity contribution is 0.0722. The summed E-state index contributed by atoms with van der Waals surface area (Å²) >= 11 is 1.31. The maximum atomic E-state index is 13.9. The van der Waals surface area contributed by atoms with Crippen molar-refractivity contribution in [3.05, 3.63) is 84.2 Å². The molecule has 5 rings (SSSR count). The normalized spacial score (nSPS) is 11.4. The van der Waals surface area contributed by atoms with Crippen LogP contribution in [0, 0.1) is 6.92 Å². The van der Waals surface area contributed by atoms with Gasteiger partial charge < -0.3 is 4.74 Å². The second-order valence-corrected chi connectivity index (χ2v) is 8.57. The van der Waals surface area contributed by atoms with E-state index in [4.69, 9.17) is 4.74 Å². The molecule has 0 spiro atoms. The van der Waals surface area contributed by atoms with Crippen LogP contribution in [0.15, 0.2) is 78.0 Å². The van der Waals surface area contributed by atoms with Gasteiger partial charge in [0, 0.05) is 5.69 Å². The minimum absolute atomic E-state index is 0.203. The Morgan fingerprint density at radius 2 is 1.68 bits per heavy atom. The number of nitrogens with zero attached hydrogens (tertiary/aromatic N) is 5. The Morgan fingerprint density at radius 3 is 2.44 bits per heavy atom. The number of imidazole rings is 1. The molecule has 172 valence electrons. The highest BCUT2D eigenvalue weighted by molar-refractivity contribution is 7.98. The van der Waals surface area contributed by atoms with Gasteiger partial charge in [0.25, 0.3) is 0 Å². The molecule has 0 N–H and O–H groups in total. The number of alkyl halides is 2. The van der Waals surface area contributed by atoms with Gasteiger partial charge in [0.05, 0.1) is 29.5 Å². The van der Waals surface area contributed by atoms with E-state index >= 15 is 0 Å². The largest absolute Gasteiger partial charge is 0.496 e. The molecule has 0 radical (unpaired) electrons. The number of hydrogen-bond donors (Lipinski definition) is 0. The second kappa shape index (κ2) is 9.26. The number of aromatic nitrogens is 5. The molecule has 0 aliphatic carbocycles. The topological polar surface area (TPSA) is 57.8 Å². The van der Waals surface area contributed by atoms with Crippen molar-refractivity contribution in [2.75, 3.05) is 7.11 Å². The molecule has 0 atom stereocenters. The lowest BCUT2D eigenvalue weighted by atomic mass is 10.1. The Balaban J connectivity index is 1.58. The van der Waals surface area contributed by atoms with E-state index < -0.39 is 6.55 Å². The van der Waals surface area contributed by atoms with Gasteiger partial charge in [-0.25, -0.2) is 4.98 Å². The van der Waals surface area contributed by atoms with Crippen LogP contribution >= 0.6 is 11.8 Å². The molecule has 0 amide bonds. The summed E-state index contributed by atoms with van der Waals surface area (Å²) in [5, 5.41) is 9.42. The van der Waals surface area contributed by atoms with Gasteiger partial charge in [-0.15, -0.1) is 10.2 Å². The quantitative estimate of drug-likeness (QED) is 0.258. The summed E-state index contributed by atoms with van der Waals surface area (Å²) in [6.45, 7) is -0.677. The molecule has 0 bridgehead atoms. The minimum atomic E-state index is -2.69. The third kappa shape index (κ3) is 4.03. The molecule has 34 heavy (non-hydrogen) atoms. The molecule has 0 saturated heterocycles. The van der Waals surface area contributed by atoms with Crippen LogP contribution in [-0.2, 0) is 5.75 Å². The molecule has 2 aromatic heterocycles. The first kappa shape index (κ1) is 22.1. The molecular formula is C25H21F2N5OS. The smallest absolute Gasteiger partial charge is 0.320 e. The van der Waals surface area contributed by atoms with Gasteiger partial charge in [-0.3, -0.25) is 9.13 Å². The summed E-state index contributed by atoms with van der Waals surface area (Å²) in [7, 11) is 1.61. The van der Waals surface area contributed by atoms with Gasteiger partial charge in [0.15, 0.2) is 11.0 Å². The standard InChI is InChI=1S/C25H21F2N5OS/c1-16-11-13-17(14-12-16)31-23(18-7-3-6-10-21(18)33-2)29-30-25(31)34-15-22-28-19-8-4-5-9-20(19)32(22)24(26)27/h3-14,24H,15H2,1-2H3. The Hall–Kier alpha value is -3.72. The summed E-state index contributed by atoms with van der Waals surface area (Å²) in [6, 6.07) is 22.4. The number of aryl methyl sites for hydroxylation is 1. The third-order valence-corrected chi connectivity index (χ3v) is 6.39. The van der Waals surface area contributed by atoms with Gasteiger partial charge in [-0.2, -0.15) is 8.78 Å². The highest BCUT2D eigenvalue weighted by Gasteiger charge is 2.22. The number of para-hydroxylation sites is 3. The van der Waals surface area contributed by atoms with Crippen LogP contribution in [0.5, 0.6) is 5.75 Å². The lowest BCUT2D eigenvalue weighted by Crippen LogP contribution is -2.04. The van der Waals surface area contributed by atoms with Crippen molar-refractivity contribution in [3.63, 3.8) is 0 Å². The number of fused-ring (bicyclic) bond motifs is 1. The van der Waals surface area contributed by atoms with Crippen molar-refractivity contribution < 1.29 is 13.5 Å². The number of ether oxygens (including phenoxy) is 1. The molecule has 5 aromatic rings. The number of halogens is 2. The Morgan fingerprint density at radius 1 is 0.941 bits per heavy atom. The molecule has 0 aliphatic rings. The summed E-state index contributed by atoms with van der Waals surface area (Å²) in [5.41, 5.74) is 3.71. The number of methoxy groups -OCH3 is 1. The van der Waals surface area contributed by atoms with E-state index in [-0.39, 0.29) is 11.6 Å². The van der Waals surface area contributed by atoms with Gasteiger partial charge in [-0.1, -0.05) is 53.7 Å². The first-order valence-corrected chi connectivity index (χ1v) is 11.6. The predicted octanol–water partition coefficient (Wildman–Crippen LogP) is 6.29. The number of rotatable bonds is 7. The van der Waals surface area contributed by atoms with Crippen LogP contribution in [0.4, 0.5) is 8.78 Å². The molecule has 0 unspecified atom stereocenters. The maximum Gasteiger partial charge on any atom is 0.320 e. The van der Waals surface area contributed by atoms with Gasteiger partial charge >= 0.3 is 6.55 Å².